The van der Waals surface area contributed by atoms with Gasteiger partial charge >= 0.3 is 5.97 Å². The van der Waals surface area contributed by atoms with Gasteiger partial charge in [-0.1, -0.05) is 49.9 Å². The Balaban J connectivity index is 1.98. The van der Waals surface area contributed by atoms with Crippen molar-refractivity contribution >= 4 is 35.0 Å². The molecule has 0 spiro atoms. The Kier molecular flexibility index (Phi) is 5.04. The van der Waals surface area contributed by atoms with Crippen molar-refractivity contribution in [3.05, 3.63) is 27.2 Å². The Morgan fingerprint density at radius 3 is 2.56 bits per heavy atom. The zero-order valence-electron chi connectivity index (χ0n) is 14.4. The van der Waals surface area contributed by atoms with Crippen molar-refractivity contribution in [3.63, 3.8) is 0 Å². The number of hydrogen-bond acceptors (Lipinski definition) is 3. The molecule has 2 aliphatic rings. The lowest BCUT2D eigenvalue weighted by molar-refractivity contribution is -0.145. The Morgan fingerprint density at radius 2 is 2.00 bits per heavy atom. The molecule has 1 aromatic rings. The second-order valence-electron chi connectivity index (χ2n) is 7.29. The SMILES string of the molecule is CCC(Oc1cc2c(c(Cl)c1Cl)C(=O)C(C)(C1CCCC1)C2)C(=O)O. The molecule has 2 aliphatic carbocycles. The highest BCUT2D eigenvalue weighted by Gasteiger charge is 2.49. The zero-order chi connectivity index (χ0) is 18.4. The monoisotopic (exact) mass is 384 g/mol. The highest BCUT2D eigenvalue weighted by atomic mass is 35.5. The molecule has 0 saturated heterocycles. The lowest BCUT2D eigenvalue weighted by Gasteiger charge is -2.29. The van der Waals surface area contributed by atoms with Crippen LogP contribution in [0.4, 0.5) is 0 Å². The first-order valence-corrected chi connectivity index (χ1v) is 9.50. The maximum absolute atomic E-state index is 13.1. The first-order valence-electron chi connectivity index (χ1n) is 8.74. The van der Waals surface area contributed by atoms with Crippen LogP contribution in [0.3, 0.4) is 0 Å². The summed E-state index contributed by atoms with van der Waals surface area (Å²) < 4.78 is 5.56. The minimum absolute atomic E-state index is 0.0538. The predicted octanol–water partition coefficient (Wildman–Crippen LogP) is 5.17. The van der Waals surface area contributed by atoms with Crippen molar-refractivity contribution in [2.45, 2.75) is 58.5 Å². The third-order valence-corrected chi connectivity index (χ3v) is 6.58. The topological polar surface area (TPSA) is 63.6 Å². The molecule has 1 aromatic carbocycles. The number of ketones is 1. The van der Waals surface area contributed by atoms with Gasteiger partial charge in [-0.3, -0.25) is 4.79 Å². The molecule has 0 aliphatic heterocycles. The molecule has 0 heterocycles. The maximum atomic E-state index is 13.1. The number of rotatable bonds is 5. The Hall–Kier alpha value is -1.26. The number of carboxylic acid groups (broad SMARTS) is 1. The van der Waals surface area contributed by atoms with Crippen LogP contribution in [0.1, 0.15) is 61.9 Å². The number of aliphatic carboxylic acids is 1. The summed E-state index contributed by atoms with van der Waals surface area (Å²) in [5.74, 6) is -0.405. The molecule has 1 N–H and O–H groups in total. The van der Waals surface area contributed by atoms with Gasteiger partial charge in [0.2, 0.25) is 0 Å². The van der Waals surface area contributed by atoms with Crippen molar-refractivity contribution < 1.29 is 19.4 Å². The van der Waals surface area contributed by atoms with Gasteiger partial charge in [-0.2, -0.15) is 0 Å². The molecule has 1 fully saturated rings. The number of benzene rings is 1. The summed E-state index contributed by atoms with van der Waals surface area (Å²) in [4.78, 5) is 24.3. The van der Waals surface area contributed by atoms with Crippen LogP contribution in [0.2, 0.25) is 10.0 Å². The van der Waals surface area contributed by atoms with Crippen LogP contribution < -0.4 is 4.74 Å². The fourth-order valence-electron chi connectivity index (χ4n) is 4.24. The van der Waals surface area contributed by atoms with Crippen LogP contribution in [0.15, 0.2) is 6.07 Å². The number of carbonyl (C=O) groups is 2. The zero-order valence-corrected chi connectivity index (χ0v) is 15.9. The molecule has 0 aromatic heterocycles. The summed E-state index contributed by atoms with van der Waals surface area (Å²) in [5, 5.41) is 9.50. The summed E-state index contributed by atoms with van der Waals surface area (Å²) in [6.07, 6.45) is 4.34. The van der Waals surface area contributed by atoms with Crippen LogP contribution >= 0.6 is 23.2 Å². The largest absolute Gasteiger partial charge is 0.479 e. The van der Waals surface area contributed by atoms with E-state index in [1.807, 2.05) is 6.92 Å². The van der Waals surface area contributed by atoms with E-state index in [1.165, 1.54) is 0 Å². The van der Waals surface area contributed by atoms with E-state index in [4.69, 9.17) is 27.9 Å². The van der Waals surface area contributed by atoms with Gasteiger partial charge in [0, 0.05) is 11.0 Å². The fourth-order valence-corrected chi connectivity index (χ4v) is 4.73. The van der Waals surface area contributed by atoms with E-state index in [0.717, 1.165) is 31.2 Å². The summed E-state index contributed by atoms with van der Waals surface area (Å²) in [6, 6.07) is 1.70. The molecule has 0 bridgehead atoms. The van der Waals surface area contributed by atoms with Crippen LogP contribution in [-0.2, 0) is 11.2 Å². The standard InChI is InChI=1S/C19H22Cl2O4/c1-3-12(18(23)24)25-13-8-10-9-19(2,11-6-4-5-7-11)17(22)14(10)16(21)15(13)20/h8,11-12H,3-7,9H2,1-2H3,(H,23,24). The van der Waals surface area contributed by atoms with Gasteiger partial charge in [0.25, 0.3) is 0 Å². The predicted molar refractivity (Wildman–Crippen MR) is 96.9 cm³/mol. The second kappa shape index (κ2) is 6.81. The minimum atomic E-state index is -1.05. The molecule has 25 heavy (non-hydrogen) atoms. The van der Waals surface area contributed by atoms with E-state index < -0.39 is 17.5 Å². The Labute approximate surface area is 157 Å². The molecule has 4 nitrogen and oxygen atoms in total. The third-order valence-electron chi connectivity index (χ3n) is 5.73. The van der Waals surface area contributed by atoms with Crippen molar-refractivity contribution in [1.29, 1.82) is 0 Å². The van der Waals surface area contributed by atoms with E-state index in [0.29, 0.717) is 24.3 Å². The molecule has 0 amide bonds. The van der Waals surface area contributed by atoms with Crippen LogP contribution in [-0.4, -0.2) is 23.0 Å². The van der Waals surface area contributed by atoms with E-state index in [-0.39, 0.29) is 21.6 Å². The van der Waals surface area contributed by atoms with Crippen LogP contribution in [0.5, 0.6) is 5.75 Å². The molecule has 6 heteroatoms. The van der Waals surface area contributed by atoms with E-state index >= 15 is 0 Å². The summed E-state index contributed by atoms with van der Waals surface area (Å²) in [7, 11) is 0. The molecule has 2 unspecified atom stereocenters. The van der Waals surface area contributed by atoms with Gasteiger partial charge in [0.15, 0.2) is 11.9 Å². The van der Waals surface area contributed by atoms with Crippen molar-refractivity contribution in [1.82, 2.24) is 0 Å². The van der Waals surface area contributed by atoms with Crippen molar-refractivity contribution in [2.75, 3.05) is 0 Å². The normalized spacial score (nSPS) is 24.4. The van der Waals surface area contributed by atoms with Crippen molar-refractivity contribution in [3.8, 4) is 5.75 Å². The number of carbonyl (C=O) groups excluding carboxylic acids is 1. The third kappa shape index (κ3) is 3.04. The number of Topliss-reactive ketones (excluding diaryl/α,β-unsaturated/α-hetero) is 1. The number of carboxylic acids is 1. The van der Waals surface area contributed by atoms with Gasteiger partial charge in [-0.25, -0.2) is 4.79 Å². The van der Waals surface area contributed by atoms with Gasteiger partial charge in [0.05, 0.1) is 5.02 Å². The summed E-state index contributed by atoms with van der Waals surface area (Å²) in [6.45, 7) is 3.74. The second-order valence-corrected chi connectivity index (χ2v) is 8.05. The molecule has 3 rings (SSSR count). The minimum Gasteiger partial charge on any atom is -0.479 e. The maximum Gasteiger partial charge on any atom is 0.344 e. The molecular weight excluding hydrogens is 363 g/mol. The summed E-state index contributed by atoms with van der Waals surface area (Å²) in [5.41, 5.74) is 0.835. The number of fused-ring (bicyclic) bond motifs is 1. The quantitative estimate of drug-likeness (QED) is 0.760. The first kappa shape index (κ1) is 18.5. The lowest BCUT2D eigenvalue weighted by Crippen LogP contribution is -2.32. The summed E-state index contributed by atoms with van der Waals surface area (Å²) >= 11 is 12.7. The average Bonchev–Trinajstić information content (AvgIpc) is 3.18. The molecule has 0 radical (unpaired) electrons. The smallest absolute Gasteiger partial charge is 0.344 e. The number of ether oxygens (including phenoxy) is 1. The van der Waals surface area contributed by atoms with Gasteiger partial charge in [0.1, 0.15) is 10.8 Å². The van der Waals surface area contributed by atoms with Gasteiger partial charge in [-0.05, 0) is 43.2 Å². The average molecular weight is 385 g/mol. The van der Waals surface area contributed by atoms with Crippen molar-refractivity contribution in [2.24, 2.45) is 11.3 Å². The number of hydrogen-bond donors (Lipinski definition) is 1. The molecule has 136 valence electrons. The lowest BCUT2D eigenvalue weighted by atomic mass is 9.73. The Morgan fingerprint density at radius 1 is 1.36 bits per heavy atom. The molecule has 2 atom stereocenters. The molecule has 1 saturated carbocycles. The van der Waals surface area contributed by atoms with E-state index in [1.54, 1.807) is 13.0 Å². The first-order chi connectivity index (χ1) is 11.8. The fraction of sp³-hybridized carbons (Fsp3) is 0.579. The van der Waals surface area contributed by atoms with E-state index in [2.05, 4.69) is 0 Å². The highest BCUT2D eigenvalue weighted by Crippen LogP contribution is 2.52. The van der Waals surface area contributed by atoms with Crippen LogP contribution in [0.25, 0.3) is 0 Å². The van der Waals surface area contributed by atoms with Crippen LogP contribution in [0, 0.1) is 11.3 Å². The van der Waals surface area contributed by atoms with Gasteiger partial charge in [-0.15, -0.1) is 0 Å². The van der Waals surface area contributed by atoms with E-state index in [9.17, 15) is 14.7 Å². The Bertz CT molecular complexity index is 725. The highest BCUT2D eigenvalue weighted by molar-refractivity contribution is 6.45. The number of halogens is 2. The molecular formula is C19H22Cl2O4. The van der Waals surface area contributed by atoms with Gasteiger partial charge < -0.3 is 9.84 Å².